The van der Waals surface area contributed by atoms with Crippen LogP contribution in [0, 0.1) is 0 Å². The number of pyridine rings is 1. The van der Waals surface area contributed by atoms with Gasteiger partial charge in [-0.2, -0.15) is 0 Å². The predicted octanol–water partition coefficient (Wildman–Crippen LogP) is 3.73. The molecule has 2 heterocycles. The SMILES string of the molecule is CC(CCc1ccccc1)N(Cc1ccccn1)C(=O)c1ccno1. The van der Waals surface area contributed by atoms with Crippen molar-refractivity contribution in [2.24, 2.45) is 0 Å². The quantitative estimate of drug-likeness (QED) is 0.660. The molecule has 3 aromatic rings. The fraction of sp³-hybridized carbons (Fsp3) is 0.250. The highest BCUT2D eigenvalue weighted by atomic mass is 16.5. The van der Waals surface area contributed by atoms with Crippen LogP contribution >= 0.6 is 0 Å². The summed E-state index contributed by atoms with van der Waals surface area (Å²) in [5.74, 6) is 0.0891. The second kappa shape index (κ2) is 8.24. The Morgan fingerprint density at radius 2 is 1.88 bits per heavy atom. The van der Waals surface area contributed by atoms with E-state index in [0.717, 1.165) is 18.5 Å². The van der Waals surface area contributed by atoms with Gasteiger partial charge in [0.25, 0.3) is 5.91 Å². The third-order valence-corrected chi connectivity index (χ3v) is 4.19. The van der Waals surface area contributed by atoms with Gasteiger partial charge in [0.1, 0.15) is 0 Å². The standard InChI is InChI=1S/C20H21N3O2/c1-16(10-11-17-7-3-2-4-8-17)23(15-18-9-5-6-13-21-18)20(24)19-12-14-22-25-19/h2-9,12-14,16H,10-11,15H2,1H3. The van der Waals surface area contributed by atoms with Gasteiger partial charge in [0.05, 0.1) is 18.4 Å². The Morgan fingerprint density at radius 1 is 1.08 bits per heavy atom. The van der Waals surface area contributed by atoms with Crippen LogP contribution in [0.15, 0.2) is 71.5 Å². The van der Waals surface area contributed by atoms with Crippen molar-refractivity contribution < 1.29 is 9.32 Å². The van der Waals surface area contributed by atoms with Crippen molar-refractivity contribution in [2.45, 2.75) is 32.4 Å². The summed E-state index contributed by atoms with van der Waals surface area (Å²) < 4.78 is 5.07. The van der Waals surface area contributed by atoms with Gasteiger partial charge in [0.15, 0.2) is 0 Å². The second-order valence-electron chi connectivity index (χ2n) is 6.00. The van der Waals surface area contributed by atoms with Gasteiger partial charge in [-0.25, -0.2) is 0 Å². The van der Waals surface area contributed by atoms with Crippen LogP contribution in [0.25, 0.3) is 0 Å². The van der Waals surface area contributed by atoms with Crippen molar-refractivity contribution in [1.82, 2.24) is 15.0 Å². The molecule has 0 aliphatic rings. The van der Waals surface area contributed by atoms with E-state index in [4.69, 9.17) is 4.52 Å². The zero-order valence-corrected chi connectivity index (χ0v) is 14.2. The lowest BCUT2D eigenvalue weighted by atomic mass is 10.0. The van der Waals surface area contributed by atoms with Crippen molar-refractivity contribution in [3.63, 3.8) is 0 Å². The van der Waals surface area contributed by atoms with Crippen molar-refractivity contribution in [3.05, 3.63) is 84.0 Å². The lowest BCUT2D eigenvalue weighted by molar-refractivity contribution is 0.0622. The molecule has 0 radical (unpaired) electrons. The molecule has 0 fully saturated rings. The maximum atomic E-state index is 12.8. The summed E-state index contributed by atoms with van der Waals surface area (Å²) in [4.78, 5) is 19.0. The average Bonchev–Trinajstić information content (AvgIpc) is 3.20. The Bertz CT molecular complexity index is 773. The smallest absolute Gasteiger partial charge is 0.293 e. The molecule has 1 amide bonds. The molecular weight excluding hydrogens is 314 g/mol. The molecule has 0 bridgehead atoms. The number of carbonyl (C=O) groups is 1. The largest absolute Gasteiger partial charge is 0.351 e. The molecule has 0 N–H and O–H groups in total. The Balaban J connectivity index is 1.73. The number of rotatable bonds is 7. The molecule has 5 heteroatoms. The molecule has 0 spiro atoms. The summed E-state index contributed by atoms with van der Waals surface area (Å²) >= 11 is 0. The number of benzene rings is 1. The normalized spacial score (nSPS) is 11.9. The molecule has 1 unspecified atom stereocenters. The van der Waals surface area contributed by atoms with Crippen molar-refractivity contribution in [1.29, 1.82) is 0 Å². The molecule has 0 aliphatic heterocycles. The molecule has 0 aliphatic carbocycles. The van der Waals surface area contributed by atoms with E-state index in [9.17, 15) is 4.79 Å². The third kappa shape index (κ3) is 4.53. The molecule has 0 saturated heterocycles. The average molecular weight is 335 g/mol. The zero-order valence-electron chi connectivity index (χ0n) is 14.2. The Kier molecular flexibility index (Phi) is 5.57. The number of aromatic nitrogens is 2. The van der Waals surface area contributed by atoms with Gasteiger partial charge in [-0.05, 0) is 37.5 Å². The van der Waals surface area contributed by atoms with Gasteiger partial charge in [0, 0.05) is 18.3 Å². The lowest BCUT2D eigenvalue weighted by Crippen LogP contribution is -2.38. The fourth-order valence-corrected chi connectivity index (χ4v) is 2.74. The van der Waals surface area contributed by atoms with Gasteiger partial charge in [-0.3, -0.25) is 9.78 Å². The van der Waals surface area contributed by atoms with Crippen molar-refractivity contribution in [3.8, 4) is 0 Å². The number of amides is 1. The maximum absolute atomic E-state index is 12.8. The summed E-state index contributed by atoms with van der Waals surface area (Å²) in [6.07, 6.45) is 4.99. The molecule has 1 atom stereocenters. The third-order valence-electron chi connectivity index (χ3n) is 4.19. The molecule has 0 saturated carbocycles. The van der Waals surface area contributed by atoms with E-state index in [2.05, 4.69) is 29.2 Å². The molecule has 2 aromatic heterocycles. The van der Waals surface area contributed by atoms with Gasteiger partial charge >= 0.3 is 0 Å². The Morgan fingerprint density at radius 3 is 2.56 bits per heavy atom. The molecule has 128 valence electrons. The summed E-state index contributed by atoms with van der Waals surface area (Å²) in [7, 11) is 0. The summed E-state index contributed by atoms with van der Waals surface area (Å²) in [5, 5.41) is 3.65. The zero-order chi connectivity index (χ0) is 17.5. The van der Waals surface area contributed by atoms with Crippen LogP contribution in [0.3, 0.4) is 0 Å². The first-order valence-electron chi connectivity index (χ1n) is 8.39. The lowest BCUT2D eigenvalue weighted by Gasteiger charge is -2.28. The van der Waals surface area contributed by atoms with Crippen LogP contribution in [0.2, 0.25) is 0 Å². The minimum absolute atomic E-state index is 0.0415. The van der Waals surface area contributed by atoms with E-state index >= 15 is 0 Å². The molecule has 1 aromatic carbocycles. The topological polar surface area (TPSA) is 59.2 Å². The van der Waals surface area contributed by atoms with E-state index in [1.165, 1.54) is 11.8 Å². The van der Waals surface area contributed by atoms with Gasteiger partial charge in [-0.1, -0.05) is 41.6 Å². The molecule has 25 heavy (non-hydrogen) atoms. The van der Waals surface area contributed by atoms with E-state index in [1.807, 2.05) is 36.4 Å². The van der Waals surface area contributed by atoms with Crippen molar-refractivity contribution >= 4 is 5.91 Å². The molecule has 3 rings (SSSR count). The van der Waals surface area contributed by atoms with E-state index in [0.29, 0.717) is 6.54 Å². The highest BCUT2D eigenvalue weighted by molar-refractivity contribution is 5.91. The predicted molar refractivity (Wildman–Crippen MR) is 94.8 cm³/mol. The summed E-state index contributed by atoms with van der Waals surface area (Å²) in [6.45, 7) is 2.50. The van der Waals surface area contributed by atoms with Crippen LogP contribution < -0.4 is 0 Å². The Labute approximate surface area is 147 Å². The van der Waals surface area contributed by atoms with E-state index < -0.39 is 0 Å². The van der Waals surface area contributed by atoms with E-state index in [1.54, 1.807) is 17.2 Å². The molecule has 5 nitrogen and oxygen atoms in total. The molecular formula is C20H21N3O2. The van der Waals surface area contributed by atoms with Crippen LogP contribution in [-0.4, -0.2) is 27.0 Å². The highest BCUT2D eigenvalue weighted by Crippen LogP contribution is 2.16. The second-order valence-corrected chi connectivity index (χ2v) is 6.00. The number of aryl methyl sites for hydroxylation is 1. The number of hydrogen-bond donors (Lipinski definition) is 0. The van der Waals surface area contributed by atoms with Crippen molar-refractivity contribution in [2.75, 3.05) is 0 Å². The van der Waals surface area contributed by atoms with Crippen LogP contribution in [0.1, 0.15) is 35.2 Å². The summed E-state index contributed by atoms with van der Waals surface area (Å²) in [6, 6.07) is 17.6. The number of hydrogen-bond acceptors (Lipinski definition) is 4. The first-order valence-corrected chi connectivity index (χ1v) is 8.39. The van der Waals surface area contributed by atoms with Gasteiger partial charge < -0.3 is 9.42 Å². The van der Waals surface area contributed by atoms with Gasteiger partial charge in [0.2, 0.25) is 5.76 Å². The Hall–Kier alpha value is -2.95. The minimum atomic E-state index is -0.163. The highest BCUT2D eigenvalue weighted by Gasteiger charge is 2.24. The summed E-state index contributed by atoms with van der Waals surface area (Å²) in [5.41, 5.74) is 2.11. The van der Waals surface area contributed by atoms with Crippen LogP contribution in [0.4, 0.5) is 0 Å². The maximum Gasteiger partial charge on any atom is 0.293 e. The number of nitrogens with zero attached hydrogens (tertiary/aromatic N) is 3. The monoisotopic (exact) mass is 335 g/mol. The minimum Gasteiger partial charge on any atom is -0.351 e. The first-order chi connectivity index (χ1) is 12.2. The first kappa shape index (κ1) is 16.9. The van der Waals surface area contributed by atoms with Crippen LogP contribution in [0.5, 0.6) is 0 Å². The van der Waals surface area contributed by atoms with Crippen LogP contribution in [-0.2, 0) is 13.0 Å². The van der Waals surface area contributed by atoms with E-state index in [-0.39, 0.29) is 17.7 Å². The fourth-order valence-electron chi connectivity index (χ4n) is 2.74. The number of carbonyl (C=O) groups excluding carboxylic acids is 1. The van der Waals surface area contributed by atoms with Gasteiger partial charge in [-0.15, -0.1) is 0 Å².